The van der Waals surface area contributed by atoms with Gasteiger partial charge in [-0.2, -0.15) is 0 Å². The lowest BCUT2D eigenvalue weighted by atomic mass is 9.91. The lowest BCUT2D eigenvalue weighted by Gasteiger charge is -2.19. The van der Waals surface area contributed by atoms with Gasteiger partial charge >= 0.3 is 0 Å². The van der Waals surface area contributed by atoms with E-state index >= 15 is 0 Å². The number of nitrogens with zero attached hydrogens (tertiary/aromatic N) is 1. The van der Waals surface area contributed by atoms with Crippen LogP contribution in [0.3, 0.4) is 0 Å². The summed E-state index contributed by atoms with van der Waals surface area (Å²) in [6, 6.07) is 15.7. The Morgan fingerprint density at radius 3 is 2.11 bits per heavy atom. The maximum absolute atomic E-state index is 10.6. The Bertz CT molecular complexity index is 551. The molecule has 0 radical (unpaired) electrons. The van der Waals surface area contributed by atoms with Crippen LogP contribution in [0.5, 0.6) is 0 Å². The minimum atomic E-state index is -0.678. The molecule has 0 spiro atoms. The van der Waals surface area contributed by atoms with Crippen LogP contribution in [0.25, 0.3) is 0 Å². The normalized spacial score (nSPS) is 13.8. The summed E-state index contributed by atoms with van der Waals surface area (Å²) in [7, 11) is 0. The van der Waals surface area contributed by atoms with Crippen molar-refractivity contribution in [3.63, 3.8) is 0 Å². The molecule has 0 saturated heterocycles. The standard InChI is InChI=1S/C15H15NO3/c1-11(12-5-3-2-4-6-12)15(17)13-7-9-14(10-8-13)16(18)19/h2-11,15,17H,1H3/t11-,15?/m1/s1. The first-order chi connectivity index (χ1) is 9.09. The predicted octanol–water partition coefficient (Wildman–Crippen LogP) is 3.43. The highest BCUT2D eigenvalue weighted by Gasteiger charge is 2.18. The van der Waals surface area contributed by atoms with E-state index in [2.05, 4.69) is 0 Å². The molecule has 4 nitrogen and oxygen atoms in total. The molecule has 0 aliphatic carbocycles. The molecule has 0 aliphatic heterocycles. The average molecular weight is 257 g/mol. The van der Waals surface area contributed by atoms with Crippen molar-refractivity contribution >= 4 is 5.69 Å². The highest BCUT2D eigenvalue weighted by atomic mass is 16.6. The zero-order valence-corrected chi connectivity index (χ0v) is 10.6. The molecule has 0 aromatic heterocycles. The van der Waals surface area contributed by atoms with Crippen molar-refractivity contribution in [3.05, 3.63) is 75.8 Å². The van der Waals surface area contributed by atoms with Crippen LogP contribution < -0.4 is 0 Å². The second-order valence-electron chi connectivity index (χ2n) is 4.49. The molecule has 2 rings (SSSR count). The number of hydrogen-bond acceptors (Lipinski definition) is 3. The number of aliphatic hydroxyl groups is 1. The van der Waals surface area contributed by atoms with Crippen LogP contribution in [0, 0.1) is 10.1 Å². The van der Waals surface area contributed by atoms with Crippen molar-refractivity contribution in [2.75, 3.05) is 0 Å². The predicted molar refractivity (Wildman–Crippen MR) is 72.9 cm³/mol. The maximum atomic E-state index is 10.6. The first-order valence-electron chi connectivity index (χ1n) is 6.07. The number of hydrogen-bond donors (Lipinski definition) is 1. The fourth-order valence-electron chi connectivity index (χ4n) is 2.02. The van der Waals surface area contributed by atoms with Crippen LogP contribution in [0.15, 0.2) is 54.6 Å². The van der Waals surface area contributed by atoms with Gasteiger partial charge in [0.05, 0.1) is 11.0 Å². The molecule has 0 fully saturated rings. The van der Waals surface area contributed by atoms with Gasteiger partial charge in [0.25, 0.3) is 5.69 Å². The first-order valence-corrected chi connectivity index (χ1v) is 6.07. The summed E-state index contributed by atoms with van der Waals surface area (Å²) in [6.45, 7) is 1.93. The van der Waals surface area contributed by atoms with Crippen molar-refractivity contribution in [3.8, 4) is 0 Å². The maximum Gasteiger partial charge on any atom is 0.269 e. The van der Waals surface area contributed by atoms with Crippen molar-refractivity contribution in [1.29, 1.82) is 0 Å². The summed E-state index contributed by atoms with van der Waals surface area (Å²) >= 11 is 0. The molecule has 98 valence electrons. The third-order valence-corrected chi connectivity index (χ3v) is 3.24. The van der Waals surface area contributed by atoms with E-state index < -0.39 is 11.0 Å². The Morgan fingerprint density at radius 2 is 1.58 bits per heavy atom. The minimum Gasteiger partial charge on any atom is -0.388 e. The van der Waals surface area contributed by atoms with Crippen molar-refractivity contribution in [2.24, 2.45) is 0 Å². The van der Waals surface area contributed by atoms with E-state index in [4.69, 9.17) is 0 Å². The Labute approximate surface area is 111 Å². The van der Waals surface area contributed by atoms with E-state index in [9.17, 15) is 15.2 Å². The summed E-state index contributed by atoms with van der Waals surface area (Å²) in [4.78, 5) is 10.1. The molecule has 0 saturated carbocycles. The molecule has 2 aromatic carbocycles. The molecule has 0 bridgehead atoms. The third-order valence-electron chi connectivity index (χ3n) is 3.24. The van der Waals surface area contributed by atoms with Crippen LogP contribution in [-0.4, -0.2) is 10.0 Å². The van der Waals surface area contributed by atoms with E-state index in [0.29, 0.717) is 5.56 Å². The monoisotopic (exact) mass is 257 g/mol. The highest BCUT2D eigenvalue weighted by Crippen LogP contribution is 2.30. The SMILES string of the molecule is C[C@H](c1ccccc1)C(O)c1ccc([N+](=O)[O-])cc1. The van der Waals surface area contributed by atoms with Crippen molar-refractivity contribution in [1.82, 2.24) is 0 Å². The number of nitro groups is 1. The number of rotatable bonds is 4. The van der Waals surface area contributed by atoms with Gasteiger partial charge in [-0.1, -0.05) is 37.3 Å². The number of aliphatic hydroxyl groups excluding tert-OH is 1. The van der Waals surface area contributed by atoms with Gasteiger partial charge in [0, 0.05) is 18.1 Å². The molecular formula is C15H15NO3. The topological polar surface area (TPSA) is 63.4 Å². The Balaban J connectivity index is 2.19. The molecule has 1 unspecified atom stereocenters. The van der Waals surface area contributed by atoms with Gasteiger partial charge in [0.15, 0.2) is 0 Å². The fourth-order valence-corrected chi connectivity index (χ4v) is 2.02. The molecule has 0 aliphatic rings. The van der Waals surface area contributed by atoms with Crippen LogP contribution >= 0.6 is 0 Å². The number of nitro benzene ring substituents is 1. The van der Waals surface area contributed by atoms with Crippen LogP contribution in [0.1, 0.15) is 30.1 Å². The van der Waals surface area contributed by atoms with Gasteiger partial charge in [0.1, 0.15) is 0 Å². The molecule has 0 heterocycles. The van der Waals surface area contributed by atoms with Crippen molar-refractivity contribution in [2.45, 2.75) is 18.9 Å². The van der Waals surface area contributed by atoms with Crippen LogP contribution in [0.2, 0.25) is 0 Å². The summed E-state index contributed by atoms with van der Waals surface area (Å²) in [6.07, 6.45) is -0.678. The Morgan fingerprint density at radius 1 is 1.00 bits per heavy atom. The average Bonchev–Trinajstić information content (AvgIpc) is 2.46. The van der Waals surface area contributed by atoms with E-state index in [-0.39, 0.29) is 11.6 Å². The zero-order valence-electron chi connectivity index (χ0n) is 10.6. The van der Waals surface area contributed by atoms with E-state index in [1.165, 1.54) is 12.1 Å². The Kier molecular flexibility index (Phi) is 3.92. The van der Waals surface area contributed by atoms with Gasteiger partial charge in [-0.3, -0.25) is 10.1 Å². The lowest BCUT2D eigenvalue weighted by molar-refractivity contribution is -0.384. The third kappa shape index (κ3) is 2.98. The van der Waals surface area contributed by atoms with E-state index in [0.717, 1.165) is 5.56 Å². The molecular weight excluding hydrogens is 242 g/mol. The highest BCUT2D eigenvalue weighted by molar-refractivity contribution is 5.35. The smallest absolute Gasteiger partial charge is 0.269 e. The van der Waals surface area contributed by atoms with Crippen LogP contribution in [0.4, 0.5) is 5.69 Å². The zero-order chi connectivity index (χ0) is 13.8. The lowest BCUT2D eigenvalue weighted by Crippen LogP contribution is -2.07. The fraction of sp³-hybridized carbons (Fsp3) is 0.200. The minimum absolute atomic E-state index is 0.0308. The molecule has 1 N–H and O–H groups in total. The number of benzene rings is 2. The first kappa shape index (κ1) is 13.2. The molecule has 4 heteroatoms. The summed E-state index contributed by atoms with van der Waals surface area (Å²) in [5.41, 5.74) is 1.75. The number of non-ortho nitro benzene ring substituents is 1. The molecule has 2 aromatic rings. The second-order valence-corrected chi connectivity index (χ2v) is 4.49. The van der Waals surface area contributed by atoms with E-state index in [1.807, 2.05) is 37.3 Å². The Hall–Kier alpha value is -2.20. The quantitative estimate of drug-likeness (QED) is 0.674. The molecule has 2 atom stereocenters. The van der Waals surface area contributed by atoms with Crippen LogP contribution in [-0.2, 0) is 0 Å². The van der Waals surface area contributed by atoms with Crippen molar-refractivity contribution < 1.29 is 10.0 Å². The van der Waals surface area contributed by atoms with Gasteiger partial charge in [0.2, 0.25) is 0 Å². The molecule has 0 amide bonds. The second kappa shape index (κ2) is 5.63. The van der Waals surface area contributed by atoms with Gasteiger partial charge in [-0.15, -0.1) is 0 Å². The van der Waals surface area contributed by atoms with Gasteiger partial charge in [-0.25, -0.2) is 0 Å². The molecule has 19 heavy (non-hydrogen) atoms. The van der Waals surface area contributed by atoms with Gasteiger partial charge < -0.3 is 5.11 Å². The summed E-state index contributed by atoms with van der Waals surface area (Å²) in [5.74, 6) is -0.0670. The van der Waals surface area contributed by atoms with Gasteiger partial charge in [-0.05, 0) is 23.3 Å². The summed E-state index contributed by atoms with van der Waals surface area (Å²) < 4.78 is 0. The van der Waals surface area contributed by atoms with E-state index in [1.54, 1.807) is 12.1 Å². The largest absolute Gasteiger partial charge is 0.388 e. The summed E-state index contributed by atoms with van der Waals surface area (Å²) in [5, 5.41) is 20.9.